The molecule has 0 radical (unpaired) electrons. The Morgan fingerprint density at radius 1 is 1.20 bits per heavy atom. The van der Waals surface area contributed by atoms with Gasteiger partial charge in [-0.15, -0.1) is 12.3 Å². The van der Waals surface area contributed by atoms with E-state index in [9.17, 15) is 0 Å². The zero-order valence-electron chi connectivity index (χ0n) is 7.09. The van der Waals surface area contributed by atoms with Gasteiger partial charge in [-0.3, -0.25) is 0 Å². The van der Waals surface area contributed by atoms with Crippen molar-refractivity contribution in [3.8, 4) is 12.3 Å². The van der Waals surface area contributed by atoms with Gasteiger partial charge in [-0.2, -0.15) is 0 Å². The highest BCUT2D eigenvalue weighted by atomic mass is 14.4. The molecule has 10 heavy (non-hydrogen) atoms. The van der Waals surface area contributed by atoms with Gasteiger partial charge in [0.25, 0.3) is 0 Å². The highest BCUT2D eigenvalue weighted by Gasteiger charge is 2.33. The van der Waals surface area contributed by atoms with Crippen LogP contribution in [0.25, 0.3) is 0 Å². The smallest absolute Gasteiger partial charge is 0.0231 e. The van der Waals surface area contributed by atoms with Crippen LogP contribution in [0.2, 0.25) is 0 Å². The maximum Gasteiger partial charge on any atom is 0.0231 e. The minimum atomic E-state index is 0.546. The molecule has 0 amide bonds. The molecule has 4 atom stereocenters. The van der Waals surface area contributed by atoms with Gasteiger partial charge in [-0.05, 0) is 24.2 Å². The van der Waals surface area contributed by atoms with E-state index < -0.39 is 0 Å². The van der Waals surface area contributed by atoms with Gasteiger partial charge in [0.1, 0.15) is 0 Å². The normalized spacial score (nSPS) is 47.0. The molecule has 0 heterocycles. The van der Waals surface area contributed by atoms with Gasteiger partial charge in [0.2, 0.25) is 0 Å². The summed E-state index contributed by atoms with van der Waals surface area (Å²) in [6, 6.07) is 0. The van der Waals surface area contributed by atoms with Crippen LogP contribution in [0.4, 0.5) is 0 Å². The molecule has 4 unspecified atom stereocenters. The Balaban J connectivity index is 2.64. The quantitative estimate of drug-likeness (QED) is 0.449. The molecule has 0 aliphatic heterocycles. The fraction of sp³-hybridized carbons (Fsp3) is 0.800. The van der Waals surface area contributed by atoms with Crippen molar-refractivity contribution in [1.82, 2.24) is 0 Å². The zero-order valence-corrected chi connectivity index (χ0v) is 7.09. The molecule has 1 saturated carbocycles. The lowest BCUT2D eigenvalue weighted by Gasteiger charge is -2.13. The first-order valence-electron chi connectivity index (χ1n) is 4.13. The van der Waals surface area contributed by atoms with Crippen molar-refractivity contribution in [2.45, 2.75) is 27.2 Å². The Bertz CT molecular complexity index is 152. The Morgan fingerprint density at radius 2 is 1.80 bits per heavy atom. The molecule has 0 aromatic carbocycles. The molecule has 0 bridgehead atoms. The molecule has 0 saturated heterocycles. The maximum atomic E-state index is 5.40. The highest BCUT2D eigenvalue weighted by molar-refractivity contribution is 5.01. The summed E-state index contributed by atoms with van der Waals surface area (Å²) in [7, 11) is 0. The van der Waals surface area contributed by atoms with Crippen LogP contribution in [0.5, 0.6) is 0 Å². The van der Waals surface area contributed by atoms with Crippen molar-refractivity contribution in [3.05, 3.63) is 0 Å². The van der Waals surface area contributed by atoms with Crippen LogP contribution >= 0.6 is 0 Å². The Kier molecular flexibility index (Phi) is 2.04. The van der Waals surface area contributed by atoms with Crippen LogP contribution in [0.1, 0.15) is 27.2 Å². The maximum absolute atomic E-state index is 5.40. The summed E-state index contributed by atoms with van der Waals surface area (Å²) in [6.07, 6.45) is 6.63. The third-order valence-electron chi connectivity index (χ3n) is 3.20. The van der Waals surface area contributed by atoms with Crippen LogP contribution in [0.3, 0.4) is 0 Å². The van der Waals surface area contributed by atoms with Crippen molar-refractivity contribution in [3.63, 3.8) is 0 Å². The standard InChI is InChI=1S/C10H16/c1-5-10-6-7(2)8(3)9(10)4/h1,7-10H,6H2,2-4H3. The first kappa shape index (κ1) is 7.66. The van der Waals surface area contributed by atoms with Crippen LogP contribution in [-0.4, -0.2) is 0 Å². The average molecular weight is 136 g/mol. The second-order valence-corrected chi connectivity index (χ2v) is 3.70. The van der Waals surface area contributed by atoms with E-state index >= 15 is 0 Å². The summed E-state index contributed by atoms with van der Waals surface area (Å²) in [5.74, 6) is 5.81. The molecule has 0 spiro atoms. The summed E-state index contributed by atoms with van der Waals surface area (Å²) in [6.45, 7) is 6.89. The van der Waals surface area contributed by atoms with Crippen LogP contribution in [0, 0.1) is 36.0 Å². The molecular weight excluding hydrogens is 120 g/mol. The summed E-state index contributed by atoms with van der Waals surface area (Å²) in [4.78, 5) is 0. The summed E-state index contributed by atoms with van der Waals surface area (Å²) in [5.41, 5.74) is 0. The third kappa shape index (κ3) is 1.06. The predicted octanol–water partition coefficient (Wildman–Crippen LogP) is 2.55. The predicted molar refractivity (Wildman–Crippen MR) is 44.4 cm³/mol. The van der Waals surface area contributed by atoms with Gasteiger partial charge in [-0.25, -0.2) is 0 Å². The Hall–Kier alpha value is -0.440. The number of hydrogen-bond donors (Lipinski definition) is 0. The van der Waals surface area contributed by atoms with Crippen LogP contribution < -0.4 is 0 Å². The molecule has 1 aliphatic carbocycles. The minimum Gasteiger partial charge on any atom is -0.120 e. The van der Waals surface area contributed by atoms with Gasteiger partial charge in [0, 0.05) is 5.92 Å². The van der Waals surface area contributed by atoms with E-state index in [1.165, 1.54) is 6.42 Å². The van der Waals surface area contributed by atoms with E-state index in [-0.39, 0.29) is 0 Å². The lowest BCUT2D eigenvalue weighted by Crippen LogP contribution is -2.08. The summed E-state index contributed by atoms with van der Waals surface area (Å²) >= 11 is 0. The largest absolute Gasteiger partial charge is 0.120 e. The summed E-state index contributed by atoms with van der Waals surface area (Å²) < 4.78 is 0. The molecule has 1 rings (SSSR count). The summed E-state index contributed by atoms with van der Waals surface area (Å²) in [5, 5.41) is 0. The highest BCUT2D eigenvalue weighted by Crippen LogP contribution is 2.40. The van der Waals surface area contributed by atoms with E-state index in [1.807, 2.05) is 0 Å². The van der Waals surface area contributed by atoms with E-state index in [2.05, 4.69) is 26.7 Å². The van der Waals surface area contributed by atoms with Crippen molar-refractivity contribution in [1.29, 1.82) is 0 Å². The van der Waals surface area contributed by atoms with Gasteiger partial charge in [-0.1, -0.05) is 20.8 Å². The Morgan fingerprint density at radius 3 is 2.00 bits per heavy atom. The second kappa shape index (κ2) is 2.66. The van der Waals surface area contributed by atoms with Crippen molar-refractivity contribution in [2.24, 2.45) is 23.7 Å². The van der Waals surface area contributed by atoms with Crippen molar-refractivity contribution < 1.29 is 0 Å². The fourth-order valence-electron chi connectivity index (χ4n) is 1.93. The van der Waals surface area contributed by atoms with Crippen molar-refractivity contribution >= 4 is 0 Å². The molecule has 0 aromatic rings. The monoisotopic (exact) mass is 136 g/mol. The van der Waals surface area contributed by atoms with E-state index in [0.29, 0.717) is 5.92 Å². The van der Waals surface area contributed by atoms with Crippen molar-refractivity contribution in [2.75, 3.05) is 0 Å². The fourth-order valence-corrected chi connectivity index (χ4v) is 1.93. The molecule has 1 fully saturated rings. The molecule has 0 N–H and O–H groups in total. The molecule has 1 aliphatic rings. The molecule has 0 nitrogen and oxygen atoms in total. The van der Waals surface area contributed by atoms with Crippen LogP contribution in [0.15, 0.2) is 0 Å². The second-order valence-electron chi connectivity index (χ2n) is 3.70. The lowest BCUT2D eigenvalue weighted by molar-refractivity contribution is 0.366. The third-order valence-corrected chi connectivity index (χ3v) is 3.20. The molecule has 56 valence electrons. The van der Waals surface area contributed by atoms with E-state index in [1.54, 1.807) is 0 Å². The lowest BCUT2D eigenvalue weighted by atomic mass is 9.91. The van der Waals surface area contributed by atoms with Gasteiger partial charge in [0.15, 0.2) is 0 Å². The van der Waals surface area contributed by atoms with Gasteiger partial charge < -0.3 is 0 Å². The molecule has 0 aromatic heterocycles. The van der Waals surface area contributed by atoms with Crippen LogP contribution in [-0.2, 0) is 0 Å². The van der Waals surface area contributed by atoms with E-state index in [0.717, 1.165) is 17.8 Å². The average Bonchev–Trinajstić information content (AvgIpc) is 2.17. The molecule has 0 heteroatoms. The SMILES string of the molecule is C#CC1CC(C)C(C)C1C. The topological polar surface area (TPSA) is 0 Å². The van der Waals surface area contributed by atoms with Gasteiger partial charge >= 0.3 is 0 Å². The number of terminal acetylenes is 1. The first-order valence-corrected chi connectivity index (χ1v) is 4.13. The van der Waals surface area contributed by atoms with Gasteiger partial charge in [0.05, 0.1) is 0 Å². The minimum absolute atomic E-state index is 0.546. The number of hydrogen-bond acceptors (Lipinski definition) is 0. The Labute approximate surface area is 64.0 Å². The molecular formula is C10H16. The number of rotatable bonds is 0. The zero-order chi connectivity index (χ0) is 7.72. The first-order chi connectivity index (χ1) is 4.66. The van der Waals surface area contributed by atoms with E-state index in [4.69, 9.17) is 6.42 Å².